The van der Waals surface area contributed by atoms with Gasteiger partial charge in [0, 0.05) is 24.5 Å². The molecular formula is C17H21F3N2S. The molecule has 0 saturated heterocycles. The standard InChI is InChI=1S/C17H21F3N2S/c1-2-3-4-5-6-7-16(22-9-8-21-12-22)23-17-14(19)10-13(18)11-15(17)20/h8-12,16H,2-7H2,1H3. The lowest BCUT2D eigenvalue weighted by molar-refractivity contribution is 0.506. The third-order valence-corrected chi connectivity index (χ3v) is 5.01. The lowest BCUT2D eigenvalue weighted by Crippen LogP contribution is -2.05. The minimum Gasteiger partial charge on any atom is -0.325 e. The topological polar surface area (TPSA) is 17.8 Å². The van der Waals surface area contributed by atoms with E-state index in [0.717, 1.165) is 49.6 Å². The zero-order valence-electron chi connectivity index (χ0n) is 13.1. The second-order valence-electron chi connectivity index (χ2n) is 5.48. The monoisotopic (exact) mass is 342 g/mol. The molecule has 0 N–H and O–H groups in total. The van der Waals surface area contributed by atoms with Gasteiger partial charge in [0.15, 0.2) is 0 Å². The van der Waals surface area contributed by atoms with Gasteiger partial charge >= 0.3 is 0 Å². The number of benzene rings is 1. The van der Waals surface area contributed by atoms with Crippen molar-refractivity contribution in [3.8, 4) is 0 Å². The Morgan fingerprint density at radius 1 is 1.09 bits per heavy atom. The van der Waals surface area contributed by atoms with Gasteiger partial charge in [-0.3, -0.25) is 0 Å². The van der Waals surface area contributed by atoms with Gasteiger partial charge in [0.25, 0.3) is 0 Å². The van der Waals surface area contributed by atoms with E-state index in [1.165, 1.54) is 12.8 Å². The van der Waals surface area contributed by atoms with Crippen LogP contribution in [0.5, 0.6) is 0 Å². The predicted octanol–water partition coefficient (Wildman–Crippen LogP) is 5.95. The van der Waals surface area contributed by atoms with Gasteiger partial charge in [-0.05, 0) is 6.42 Å². The van der Waals surface area contributed by atoms with E-state index in [9.17, 15) is 13.2 Å². The fraction of sp³-hybridized carbons (Fsp3) is 0.471. The van der Waals surface area contributed by atoms with Gasteiger partial charge in [0.2, 0.25) is 0 Å². The molecule has 1 aromatic carbocycles. The van der Waals surface area contributed by atoms with Crippen molar-refractivity contribution in [3.63, 3.8) is 0 Å². The molecule has 0 aliphatic rings. The third-order valence-electron chi connectivity index (χ3n) is 3.63. The van der Waals surface area contributed by atoms with Crippen LogP contribution >= 0.6 is 11.8 Å². The number of unbranched alkanes of at least 4 members (excludes halogenated alkanes) is 4. The van der Waals surface area contributed by atoms with E-state index in [0.29, 0.717) is 0 Å². The molecule has 2 rings (SSSR count). The van der Waals surface area contributed by atoms with E-state index in [2.05, 4.69) is 11.9 Å². The van der Waals surface area contributed by atoms with E-state index >= 15 is 0 Å². The van der Waals surface area contributed by atoms with Gasteiger partial charge in [-0.15, -0.1) is 0 Å². The van der Waals surface area contributed by atoms with E-state index in [1.54, 1.807) is 18.7 Å². The first kappa shape index (κ1) is 17.9. The van der Waals surface area contributed by atoms with Crippen molar-refractivity contribution in [3.05, 3.63) is 48.3 Å². The summed E-state index contributed by atoms with van der Waals surface area (Å²) in [6.07, 6.45) is 11.4. The Balaban J connectivity index is 2.06. The minimum absolute atomic E-state index is 0.140. The van der Waals surface area contributed by atoms with Crippen molar-refractivity contribution < 1.29 is 13.2 Å². The largest absolute Gasteiger partial charge is 0.325 e. The summed E-state index contributed by atoms with van der Waals surface area (Å²) in [5, 5.41) is -0.159. The van der Waals surface area contributed by atoms with Crippen LogP contribution in [0, 0.1) is 17.5 Å². The first-order chi connectivity index (χ1) is 11.1. The lowest BCUT2D eigenvalue weighted by atomic mass is 10.1. The van der Waals surface area contributed by atoms with Gasteiger partial charge in [-0.25, -0.2) is 18.2 Å². The number of thioether (sulfide) groups is 1. The fourth-order valence-corrected chi connectivity index (χ4v) is 3.55. The highest BCUT2D eigenvalue weighted by atomic mass is 32.2. The molecule has 0 bridgehead atoms. The second-order valence-corrected chi connectivity index (χ2v) is 6.67. The molecule has 0 radical (unpaired) electrons. The van der Waals surface area contributed by atoms with Gasteiger partial charge in [0.05, 0.1) is 16.6 Å². The van der Waals surface area contributed by atoms with Crippen LogP contribution in [-0.2, 0) is 0 Å². The molecule has 1 heterocycles. The van der Waals surface area contributed by atoms with E-state index in [4.69, 9.17) is 0 Å². The van der Waals surface area contributed by atoms with Crippen LogP contribution in [0.25, 0.3) is 0 Å². The Morgan fingerprint density at radius 3 is 2.39 bits per heavy atom. The summed E-state index contributed by atoms with van der Waals surface area (Å²) >= 11 is 1.08. The number of hydrogen-bond donors (Lipinski definition) is 0. The van der Waals surface area contributed by atoms with Crippen LogP contribution in [0.3, 0.4) is 0 Å². The minimum atomic E-state index is -0.900. The van der Waals surface area contributed by atoms with E-state index in [1.807, 2.05) is 4.57 Å². The van der Waals surface area contributed by atoms with E-state index in [-0.39, 0.29) is 10.3 Å². The van der Waals surface area contributed by atoms with Crippen molar-refractivity contribution in [2.24, 2.45) is 0 Å². The molecule has 0 fully saturated rings. The summed E-state index contributed by atoms with van der Waals surface area (Å²) in [6, 6.07) is 1.44. The van der Waals surface area contributed by atoms with Crippen LogP contribution in [0.4, 0.5) is 13.2 Å². The quantitative estimate of drug-likeness (QED) is 0.414. The molecule has 1 aromatic heterocycles. The predicted molar refractivity (Wildman–Crippen MR) is 86.8 cm³/mol. The Hall–Kier alpha value is -1.43. The van der Waals surface area contributed by atoms with Crippen molar-refractivity contribution in [2.75, 3.05) is 0 Å². The summed E-state index contributed by atoms with van der Waals surface area (Å²) in [5.41, 5.74) is 0. The summed E-state index contributed by atoms with van der Waals surface area (Å²) in [5.74, 6) is -2.62. The lowest BCUT2D eigenvalue weighted by Gasteiger charge is -2.18. The van der Waals surface area contributed by atoms with Crippen molar-refractivity contribution in [2.45, 2.75) is 55.7 Å². The number of rotatable bonds is 9. The third kappa shape index (κ3) is 5.30. The van der Waals surface area contributed by atoms with Crippen LogP contribution < -0.4 is 0 Å². The molecule has 1 atom stereocenters. The zero-order chi connectivity index (χ0) is 16.7. The molecule has 0 spiro atoms. The van der Waals surface area contributed by atoms with Crippen molar-refractivity contribution >= 4 is 11.8 Å². The number of hydrogen-bond acceptors (Lipinski definition) is 2. The number of aromatic nitrogens is 2. The molecule has 0 aliphatic heterocycles. The summed E-state index contributed by atoms with van der Waals surface area (Å²) < 4.78 is 42.6. The smallest absolute Gasteiger partial charge is 0.142 e. The van der Waals surface area contributed by atoms with Crippen LogP contribution in [0.2, 0.25) is 0 Å². The van der Waals surface area contributed by atoms with Crippen molar-refractivity contribution in [1.82, 2.24) is 9.55 Å². The Kier molecular flexibility index (Phi) is 7.02. The molecule has 0 amide bonds. The molecule has 1 unspecified atom stereocenters. The molecule has 0 saturated carbocycles. The highest BCUT2D eigenvalue weighted by molar-refractivity contribution is 7.99. The highest BCUT2D eigenvalue weighted by Gasteiger charge is 2.19. The SMILES string of the molecule is CCCCCCCC(Sc1c(F)cc(F)cc1F)n1ccnc1. The molecule has 2 nitrogen and oxygen atoms in total. The summed E-state index contributed by atoms with van der Waals surface area (Å²) in [6.45, 7) is 2.16. The molecule has 0 aliphatic carbocycles. The maximum atomic E-state index is 13.9. The zero-order valence-corrected chi connectivity index (χ0v) is 14.0. The molecular weight excluding hydrogens is 321 g/mol. The van der Waals surface area contributed by atoms with Crippen LogP contribution in [0.15, 0.2) is 35.7 Å². The maximum absolute atomic E-state index is 13.9. The average Bonchev–Trinajstić information content (AvgIpc) is 3.02. The Morgan fingerprint density at radius 2 is 1.78 bits per heavy atom. The number of nitrogens with zero attached hydrogens (tertiary/aromatic N) is 2. The number of halogens is 3. The average molecular weight is 342 g/mol. The van der Waals surface area contributed by atoms with Gasteiger partial charge in [0.1, 0.15) is 17.5 Å². The van der Waals surface area contributed by atoms with Crippen molar-refractivity contribution in [1.29, 1.82) is 0 Å². The van der Waals surface area contributed by atoms with Gasteiger partial charge in [-0.2, -0.15) is 0 Å². The van der Waals surface area contributed by atoms with Gasteiger partial charge < -0.3 is 4.57 Å². The fourth-order valence-electron chi connectivity index (χ4n) is 2.41. The normalized spacial score (nSPS) is 12.5. The highest BCUT2D eigenvalue weighted by Crippen LogP contribution is 2.38. The molecule has 126 valence electrons. The molecule has 2 aromatic rings. The first-order valence-corrected chi connectivity index (χ1v) is 8.78. The molecule has 23 heavy (non-hydrogen) atoms. The van der Waals surface area contributed by atoms with Crippen LogP contribution in [0.1, 0.15) is 50.8 Å². The van der Waals surface area contributed by atoms with Gasteiger partial charge in [-0.1, -0.05) is 50.8 Å². The first-order valence-electron chi connectivity index (χ1n) is 7.90. The Bertz CT molecular complexity index is 579. The second kappa shape index (κ2) is 9.01. The number of imidazole rings is 1. The van der Waals surface area contributed by atoms with Crippen LogP contribution in [-0.4, -0.2) is 9.55 Å². The molecule has 6 heteroatoms. The summed E-state index contributed by atoms with van der Waals surface area (Å²) in [7, 11) is 0. The summed E-state index contributed by atoms with van der Waals surface area (Å²) in [4.78, 5) is 3.86. The van der Waals surface area contributed by atoms with E-state index < -0.39 is 17.5 Å². The maximum Gasteiger partial charge on any atom is 0.142 e. The Labute approximate surface area is 139 Å².